The van der Waals surface area contributed by atoms with Crippen molar-refractivity contribution >= 4 is 98.9 Å². The molecule has 6 amide bonds. The van der Waals surface area contributed by atoms with Gasteiger partial charge in [-0.25, -0.2) is 29.3 Å². The van der Waals surface area contributed by atoms with Gasteiger partial charge in [0.1, 0.15) is 47.9 Å². The van der Waals surface area contributed by atoms with Crippen molar-refractivity contribution in [3.8, 4) is 17.2 Å². The standard InChI is InChI=1S/2C29H33N7O2.C24H25N5O2.3CH4/c2*1-20-7-6-8-21(2)26(20)36-19-22-18-30-28-31-23-9-10-24(34-14-12-33(3)13-15-34)25(17-23)38-16-5-4-11-35(29(36)37)27(22)32-28;1-16-7-5-8-17(2)21(16)29-15-18-14-25-23-26-19-9-6-10-20(13-19)31-12-4-3-11-28(24(29)30)22(18)27-23;;;/h2*4-10,17-18H,11-16,19H2,1-3H3,(H,30,31,32);5-10,13-14H,3-4,11-12,15H2,1-2H3,(H,25,26,27);3*1H4/b5-4+;5-4-;;;;. The molecule has 0 spiro atoms. The number of piperazine rings is 2. The Balaban J connectivity index is 0.000000152. The average Bonchev–Trinajstić information content (AvgIpc) is 0.872. The summed E-state index contributed by atoms with van der Waals surface area (Å²) in [6, 6.07) is 38.1. The molecule has 9 aromatic rings. The monoisotopic (exact) mass is 1490 g/mol. The summed E-state index contributed by atoms with van der Waals surface area (Å²) in [5.74, 6) is 5.75. The van der Waals surface area contributed by atoms with Crippen LogP contribution in [0.2, 0.25) is 0 Å². The number of ether oxygens (including phenoxy) is 3. The molecule has 25 heteroatoms. The average molecular weight is 1490 g/mol. The van der Waals surface area contributed by atoms with Gasteiger partial charge in [-0.1, -0.05) is 95.1 Å². The molecular formula is C85H103N19O6. The maximum atomic E-state index is 13.8. The molecule has 8 aliphatic rings. The third kappa shape index (κ3) is 16.6. The normalized spacial score (nSPS) is 17.3. The number of likely N-dealkylation sites (N-methyl/N-ethyl adjacent to an activating group) is 2. The first-order valence-electron chi connectivity index (χ1n) is 36.8. The second kappa shape index (κ2) is 34.2. The van der Waals surface area contributed by atoms with Gasteiger partial charge in [0.25, 0.3) is 0 Å². The molecule has 12 bridgehead atoms. The number of para-hydroxylation sites is 3. The summed E-state index contributed by atoms with van der Waals surface area (Å²) >= 11 is 0. The summed E-state index contributed by atoms with van der Waals surface area (Å²) in [6.07, 6.45) is 15.0. The lowest BCUT2D eigenvalue weighted by molar-refractivity contribution is 0.248. The number of hydrogen-bond donors (Lipinski definition) is 3. The van der Waals surface area contributed by atoms with Crippen molar-refractivity contribution in [3.05, 3.63) is 208 Å². The van der Waals surface area contributed by atoms with Crippen LogP contribution in [0.4, 0.5) is 95.2 Å². The maximum Gasteiger partial charge on any atom is 0.330 e. The first-order chi connectivity index (χ1) is 52.0. The molecule has 2 fully saturated rings. The predicted molar refractivity (Wildman–Crippen MR) is 443 cm³/mol. The fraction of sp³-hybridized carbons (Fsp3) is 0.353. The Morgan fingerprint density at radius 2 is 0.736 bits per heavy atom. The van der Waals surface area contributed by atoms with Crippen LogP contribution in [-0.4, -0.2) is 164 Å². The van der Waals surface area contributed by atoms with E-state index < -0.39 is 0 Å². The minimum Gasteiger partial charge on any atom is -0.494 e. The molecule has 3 N–H and O–H groups in total. The van der Waals surface area contributed by atoms with Gasteiger partial charge >= 0.3 is 18.1 Å². The quantitative estimate of drug-likeness (QED) is 0.136. The van der Waals surface area contributed by atoms with Gasteiger partial charge in [0, 0.05) is 143 Å². The number of carbonyl (C=O) groups is 3. The van der Waals surface area contributed by atoms with Crippen molar-refractivity contribution in [1.29, 1.82) is 0 Å². The second-order valence-corrected chi connectivity index (χ2v) is 28.3. The summed E-state index contributed by atoms with van der Waals surface area (Å²) in [6.45, 7) is 24.2. The Bertz CT molecular complexity index is 4630. The molecule has 6 aromatic carbocycles. The number of benzene rings is 6. The fourth-order valence-electron chi connectivity index (χ4n) is 15.0. The lowest BCUT2D eigenvalue weighted by Crippen LogP contribution is -2.49. The smallest absolute Gasteiger partial charge is 0.330 e. The Kier molecular flexibility index (Phi) is 24.2. The van der Waals surface area contributed by atoms with Crippen molar-refractivity contribution < 1.29 is 28.6 Å². The minimum atomic E-state index is -0.0992. The van der Waals surface area contributed by atoms with E-state index in [1.807, 2.05) is 202 Å². The summed E-state index contributed by atoms with van der Waals surface area (Å²) in [4.78, 5) is 89.5. The number of aryl methyl sites for hydroxylation is 6. The summed E-state index contributed by atoms with van der Waals surface area (Å²) in [5.41, 5.74) is 16.7. The molecule has 0 radical (unpaired) electrons. The zero-order valence-electron chi connectivity index (χ0n) is 62.1. The second-order valence-electron chi connectivity index (χ2n) is 28.3. The van der Waals surface area contributed by atoms with Gasteiger partial charge in [0.05, 0.1) is 54.7 Å². The number of anilines is 14. The number of nitrogens with zero attached hydrogens (tertiary/aromatic N) is 16. The lowest BCUT2D eigenvalue weighted by atomic mass is 10.1. The highest BCUT2D eigenvalue weighted by atomic mass is 16.5. The number of nitrogens with one attached hydrogen (secondary N) is 3. The first kappa shape index (κ1) is 77.8. The van der Waals surface area contributed by atoms with Gasteiger partial charge in [-0.3, -0.25) is 29.4 Å². The molecule has 8 aliphatic heterocycles. The highest BCUT2D eigenvalue weighted by Gasteiger charge is 2.38. The molecule has 2 saturated heterocycles. The van der Waals surface area contributed by atoms with E-state index >= 15 is 0 Å². The van der Waals surface area contributed by atoms with E-state index in [1.165, 1.54) is 0 Å². The van der Waals surface area contributed by atoms with Crippen LogP contribution in [0.3, 0.4) is 0 Å². The van der Waals surface area contributed by atoms with Gasteiger partial charge in [-0.15, -0.1) is 0 Å². The number of urea groups is 3. The number of hydrogen-bond acceptors (Lipinski definition) is 19. The first-order valence-corrected chi connectivity index (χ1v) is 36.8. The molecule has 574 valence electrons. The molecule has 0 atom stereocenters. The van der Waals surface area contributed by atoms with Crippen LogP contribution in [-0.2, 0) is 19.6 Å². The van der Waals surface area contributed by atoms with E-state index in [4.69, 9.17) is 29.2 Å². The van der Waals surface area contributed by atoms with E-state index in [2.05, 4.69) is 76.7 Å². The molecule has 11 heterocycles. The number of amides is 6. The van der Waals surface area contributed by atoms with Crippen LogP contribution in [0, 0.1) is 41.5 Å². The third-order valence-electron chi connectivity index (χ3n) is 20.6. The van der Waals surface area contributed by atoms with E-state index in [1.54, 1.807) is 14.7 Å². The van der Waals surface area contributed by atoms with E-state index in [9.17, 15) is 14.4 Å². The van der Waals surface area contributed by atoms with Crippen molar-refractivity contribution in [2.75, 3.05) is 161 Å². The molecule has 3 aromatic heterocycles. The molecule has 0 aliphatic carbocycles. The molecule has 0 saturated carbocycles. The molecular weight excluding hydrogens is 1380 g/mol. The largest absolute Gasteiger partial charge is 0.494 e. The van der Waals surface area contributed by atoms with Gasteiger partial charge in [-0.05, 0) is 150 Å². The van der Waals surface area contributed by atoms with E-state index in [0.29, 0.717) is 94.4 Å². The predicted octanol–water partition coefficient (Wildman–Crippen LogP) is 15.8. The lowest BCUT2D eigenvalue weighted by Gasteiger charge is -2.37. The van der Waals surface area contributed by atoms with Gasteiger partial charge < -0.3 is 49.8 Å². The number of fused-ring (bicyclic) bond motifs is 9. The Morgan fingerprint density at radius 3 is 1.14 bits per heavy atom. The van der Waals surface area contributed by atoms with Gasteiger partial charge in [-0.2, -0.15) is 15.0 Å². The Hall–Kier alpha value is -11.8. The molecule has 0 unspecified atom stereocenters. The topological polar surface area (TPSA) is 225 Å². The fourth-order valence-corrected chi connectivity index (χ4v) is 15.0. The number of rotatable bonds is 5. The van der Waals surface area contributed by atoms with Crippen LogP contribution in [0.15, 0.2) is 158 Å². The summed E-state index contributed by atoms with van der Waals surface area (Å²) in [5, 5.41) is 9.90. The van der Waals surface area contributed by atoms with Crippen LogP contribution in [0.1, 0.15) is 85.2 Å². The highest BCUT2D eigenvalue weighted by molar-refractivity contribution is 6.08. The van der Waals surface area contributed by atoms with Crippen LogP contribution in [0.5, 0.6) is 17.2 Å². The molecule has 110 heavy (non-hydrogen) atoms. The number of aromatic nitrogens is 6. The van der Waals surface area contributed by atoms with Gasteiger partial charge in [0.2, 0.25) is 17.8 Å². The zero-order chi connectivity index (χ0) is 73.8. The SMILES string of the molecule is C.C.C.Cc1cccc(C)c1N1Cc2cnc3nc2N(C/C=C/COc2cc(ccc2N2CCN(C)CC2)N3)C1=O.Cc1cccc(C)c1N1Cc2cnc3nc2N(C/C=C\COc2cc(ccc2N2CCN(C)CC2)N3)C1=O.Cc1cccc(C)c1N1Cc2cnc3nc2N(CCCCOc2cccc(c2)N3)C1=O. The number of carbonyl (C=O) groups excluding carboxylic acids is 3. The van der Waals surface area contributed by atoms with Crippen LogP contribution in [0.25, 0.3) is 0 Å². The highest BCUT2D eigenvalue weighted by Crippen LogP contribution is 2.41. The van der Waals surface area contributed by atoms with Crippen molar-refractivity contribution in [1.82, 2.24) is 39.7 Å². The minimum absolute atomic E-state index is 0. The van der Waals surface area contributed by atoms with Crippen LogP contribution < -0.4 is 69.4 Å². The van der Waals surface area contributed by atoms with Crippen molar-refractivity contribution in [3.63, 3.8) is 0 Å². The van der Waals surface area contributed by atoms with E-state index in [-0.39, 0.29) is 40.4 Å². The van der Waals surface area contributed by atoms with Crippen molar-refractivity contribution in [2.24, 2.45) is 0 Å². The Labute approximate surface area is 646 Å². The van der Waals surface area contributed by atoms with Crippen LogP contribution >= 0.6 is 0 Å². The molecule has 25 nitrogen and oxygen atoms in total. The van der Waals surface area contributed by atoms with Crippen molar-refractivity contribution in [2.45, 2.75) is 96.3 Å². The van der Waals surface area contributed by atoms with Gasteiger partial charge in [0.15, 0.2) is 0 Å². The Morgan fingerprint density at radius 1 is 0.373 bits per heavy atom. The van der Waals surface area contributed by atoms with E-state index in [0.717, 1.165) is 178 Å². The maximum absolute atomic E-state index is 13.8. The summed E-state index contributed by atoms with van der Waals surface area (Å²) < 4.78 is 18.4. The zero-order valence-corrected chi connectivity index (χ0v) is 62.1. The summed E-state index contributed by atoms with van der Waals surface area (Å²) in [7, 11) is 4.31. The third-order valence-corrected chi connectivity index (χ3v) is 20.6. The molecule has 17 rings (SSSR count).